The molecule has 2 saturated heterocycles. The van der Waals surface area contributed by atoms with Gasteiger partial charge < -0.3 is 20.0 Å². The number of amides is 2. The number of carbonyl (C=O) groups is 1. The zero-order valence-electron chi connectivity index (χ0n) is 13.5. The maximum absolute atomic E-state index is 12.8. The first kappa shape index (κ1) is 16.2. The van der Waals surface area contributed by atoms with Crippen LogP contribution in [-0.4, -0.2) is 56.0 Å². The Morgan fingerprint density at radius 3 is 2.84 bits per heavy atom. The quantitative estimate of drug-likeness (QED) is 0.847. The van der Waals surface area contributed by atoms with Crippen molar-refractivity contribution in [2.45, 2.75) is 12.1 Å². The van der Waals surface area contributed by atoms with Gasteiger partial charge in [-0.1, -0.05) is 12.1 Å². The number of anilines is 1. The predicted molar refractivity (Wildman–Crippen MR) is 94.1 cm³/mol. The van der Waals surface area contributed by atoms with Crippen molar-refractivity contribution < 1.29 is 17.6 Å². The van der Waals surface area contributed by atoms with Gasteiger partial charge in [0.1, 0.15) is 5.76 Å². The van der Waals surface area contributed by atoms with Crippen molar-refractivity contribution in [2.24, 2.45) is 0 Å². The molecule has 2 atom stereocenters. The number of para-hydroxylation sites is 1. The number of fused-ring (bicyclic) bond motifs is 1. The van der Waals surface area contributed by atoms with E-state index in [9.17, 15) is 13.2 Å². The fraction of sp³-hybridized carbons (Fsp3) is 0.353. The number of urea groups is 1. The number of benzene rings is 1. The summed E-state index contributed by atoms with van der Waals surface area (Å²) in [6.07, 6.45) is 1.58. The summed E-state index contributed by atoms with van der Waals surface area (Å²) in [4.78, 5) is 14.4. The molecule has 4 rings (SSSR count). The van der Waals surface area contributed by atoms with Crippen LogP contribution in [0, 0.1) is 0 Å². The van der Waals surface area contributed by atoms with Gasteiger partial charge in [0.2, 0.25) is 0 Å². The maximum atomic E-state index is 12.8. The van der Waals surface area contributed by atoms with Crippen molar-refractivity contribution in [1.29, 1.82) is 0 Å². The fourth-order valence-electron chi connectivity index (χ4n) is 3.55. The number of nitrogens with one attached hydrogen (secondary N) is 2. The van der Waals surface area contributed by atoms with E-state index in [-0.39, 0.29) is 29.6 Å². The lowest BCUT2D eigenvalue weighted by atomic mass is 10.1. The van der Waals surface area contributed by atoms with Crippen LogP contribution in [0.15, 0.2) is 47.1 Å². The smallest absolute Gasteiger partial charge is 0.322 e. The molecule has 0 radical (unpaired) electrons. The number of nitrogens with zero attached hydrogens (tertiary/aromatic N) is 1. The number of piperazine rings is 1. The van der Waals surface area contributed by atoms with Gasteiger partial charge in [-0.2, -0.15) is 0 Å². The van der Waals surface area contributed by atoms with E-state index in [4.69, 9.17) is 4.42 Å². The number of hydrogen-bond acceptors (Lipinski definition) is 5. The minimum absolute atomic E-state index is 0.0118. The normalized spacial score (nSPS) is 24.7. The van der Waals surface area contributed by atoms with Gasteiger partial charge in [-0.3, -0.25) is 0 Å². The van der Waals surface area contributed by atoms with E-state index in [1.807, 2.05) is 24.3 Å². The van der Waals surface area contributed by atoms with E-state index in [1.165, 1.54) is 0 Å². The molecule has 0 aliphatic carbocycles. The zero-order chi connectivity index (χ0) is 17.4. The van der Waals surface area contributed by atoms with Gasteiger partial charge in [0, 0.05) is 24.7 Å². The van der Waals surface area contributed by atoms with E-state index < -0.39 is 9.84 Å². The Kier molecular flexibility index (Phi) is 4.01. The third-order valence-electron chi connectivity index (χ3n) is 4.70. The first-order valence-electron chi connectivity index (χ1n) is 8.18. The second kappa shape index (κ2) is 6.20. The summed E-state index contributed by atoms with van der Waals surface area (Å²) < 4.78 is 29.3. The highest BCUT2D eigenvalue weighted by Gasteiger charge is 2.44. The molecule has 0 unspecified atom stereocenters. The van der Waals surface area contributed by atoms with Gasteiger partial charge in [-0.15, -0.1) is 0 Å². The van der Waals surface area contributed by atoms with E-state index in [0.717, 1.165) is 5.56 Å². The van der Waals surface area contributed by atoms with Gasteiger partial charge in [0.05, 0.1) is 29.5 Å². The molecular weight excluding hydrogens is 342 g/mol. The highest BCUT2D eigenvalue weighted by atomic mass is 32.2. The summed E-state index contributed by atoms with van der Waals surface area (Å²) in [6.45, 7) is 1.06. The second-order valence-corrected chi connectivity index (χ2v) is 8.51. The SMILES string of the molecule is O=C(Nc1ccccc1-c1ccco1)N1CCN[C@@H]2CS(=O)(=O)C[C@@H]21. The molecule has 8 heteroatoms. The molecule has 0 bridgehead atoms. The van der Waals surface area contributed by atoms with Gasteiger partial charge in [0.25, 0.3) is 0 Å². The Bertz CT molecular complexity index is 879. The molecule has 3 heterocycles. The largest absolute Gasteiger partial charge is 0.464 e. The summed E-state index contributed by atoms with van der Waals surface area (Å²) in [5.74, 6) is 0.764. The van der Waals surface area contributed by atoms with Crippen molar-refractivity contribution in [3.05, 3.63) is 42.7 Å². The third kappa shape index (κ3) is 3.14. The van der Waals surface area contributed by atoms with Gasteiger partial charge in [-0.05, 0) is 24.3 Å². The summed E-state index contributed by atoms with van der Waals surface area (Å²) in [7, 11) is -3.11. The molecule has 7 nitrogen and oxygen atoms in total. The molecule has 132 valence electrons. The standard InChI is InChI=1S/C17H19N3O4S/c21-17(20-8-7-18-14-10-25(22,23)11-15(14)20)19-13-5-2-1-4-12(13)16-6-3-9-24-16/h1-6,9,14-15,18H,7-8,10-11H2,(H,19,21)/t14-,15+/m1/s1. The molecule has 0 spiro atoms. The molecule has 2 fully saturated rings. The number of furan rings is 1. The van der Waals surface area contributed by atoms with Crippen LogP contribution in [0.25, 0.3) is 11.3 Å². The van der Waals surface area contributed by atoms with Gasteiger partial charge in [-0.25, -0.2) is 13.2 Å². The van der Waals surface area contributed by atoms with Crippen LogP contribution in [0.5, 0.6) is 0 Å². The Morgan fingerprint density at radius 2 is 2.04 bits per heavy atom. The monoisotopic (exact) mass is 361 g/mol. The van der Waals surface area contributed by atoms with Crippen LogP contribution in [0.1, 0.15) is 0 Å². The molecule has 2 N–H and O–H groups in total. The minimum Gasteiger partial charge on any atom is -0.464 e. The fourth-order valence-corrected chi connectivity index (χ4v) is 5.50. The molecule has 0 saturated carbocycles. The summed E-state index contributed by atoms with van der Waals surface area (Å²) in [5, 5.41) is 6.12. The Balaban J connectivity index is 1.57. The van der Waals surface area contributed by atoms with E-state index in [1.54, 1.807) is 23.3 Å². The number of sulfone groups is 1. The number of carbonyl (C=O) groups excluding carboxylic acids is 1. The average Bonchev–Trinajstić information content (AvgIpc) is 3.20. The van der Waals surface area contributed by atoms with E-state index in [0.29, 0.717) is 24.5 Å². The van der Waals surface area contributed by atoms with Crippen molar-refractivity contribution >= 4 is 21.6 Å². The van der Waals surface area contributed by atoms with Crippen LogP contribution in [0.2, 0.25) is 0 Å². The molecular formula is C17H19N3O4S. The van der Waals surface area contributed by atoms with E-state index in [2.05, 4.69) is 10.6 Å². The molecule has 25 heavy (non-hydrogen) atoms. The van der Waals surface area contributed by atoms with E-state index >= 15 is 0 Å². The molecule has 2 amide bonds. The van der Waals surface area contributed by atoms with Crippen LogP contribution >= 0.6 is 0 Å². The van der Waals surface area contributed by atoms with Crippen LogP contribution in [0.4, 0.5) is 10.5 Å². The van der Waals surface area contributed by atoms with Crippen LogP contribution in [0.3, 0.4) is 0 Å². The summed E-state index contributed by atoms with van der Waals surface area (Å²) >= 11 is 0. The molecule has 2 aliphatic rings. The topological polar surface area (TPSA) is 91.7 Å². The Morgan fingerprint density at radius 1 is 1.20 bits per heavy atom. The highest BCUT2D eigenvalue weighted by molar-refractivity contribution is 7.91. The molecule has 2 aromatic rings. The number of rotatable bonds is 2. The summed E-state index contributed by atoms with van der Waals surface area (Å²) in [6, 6.07) is 10.2. The number of hydrogen-bond donors (Lipinski definition) is 2. The van der Waals surface area contributed by atoms with Gasteiger partial charge in [0.15, 0.2) is 9.84 Å². The highest BCUT2D eigenvalue weighted by Crippen LogP contribution is 2.29. The summed E-state index contributed by atoms with van der Waals surface area (Å²) in [5.41, 5.74) is 1.42. The average molecular weight is 361 g/mol. The first-order valence-corrected chi connectivity index (χ1v) is 10.00. The third-order valence-corrected chi connectivity index (χ3v) is 6.41. The van der Waals surface area contributed by atoms with Crippen LogP contribution in [-0.2, 0) is 9.84 Å². The lowest BCUT2D eigenvalue weighted by Gasteiger charge is -2.37. The molecule has 2 aliphatic heterocycles. The van der Waals surface area contributed by atoms with Crippen molar-refractivity contribution in [1.82, 2.24) is 10.2 Å². The maximum Gasteiger partial charge on any atom is 0.322 e. The molecule has 1 aromatic carbocycles. The Hall–Kier alpha value is -2.32. The molecule has 1 aromatic heterocycles. The Labute approximate surface area is 145 Å². The van der Waals surface area contributed by atoms with Crippen molar-refractivity contribution in [2.75, 3.05) is 29.9 Å². The van der Waals surface area contributed by atoms with Crippen molar-refractivity contribution in [3.63, 3.8) is 0 Å². The zero-order valence-corrected chi connectivity index (χ0v) is 14.3. The first-order chi connectivity index (χ1) is 12.0. The predicted octanol–water partition coefficient (Wildman–Crippen LogP) is 1.55. The lowest BCUT2D eigenvalue weighted by molar-refractivity contribution is 0.163. The minimum atomic E-state index is -3.11. The second-order valence-electron chi connectivity index (χ2n) is 6.35. The van der Waals surface area contributed by atoms with Crippen molar-refractivity contribution in [3.8, 4) is 11.3 Å². The van der Waals surface area contributed by atoms with Crippen LogP contribution < -0.4 is 10.6 Å². The van der Waals surface area contributed by atoms with Gasteiger partial charge >= 0.3 is 6.03 Å². The lowest BCUT2D eigenvalue weighted by Crippen LogP contribution is -2.59.